The molecule has 0 spiro atoms. The third kappa shape index (κ3) is 2.95. The van der Waals surface area contributed by atoms with Crippen molar-refractivity contribution in [3.05, 3.63) is 41.7 Å². The van der Waals surface area contributed by atoms with Crippen molar-refractivity contribution in [2.45, 2.75) is 26.3 Å². The van der Waals surface area contributed by atoms with Crippen molar-refractivity contribution in [3.8, 4) is 0 Å². The SMILES string of the molecule is CC(C)n1cnc2cc(CC(=O)Nc3nccs3)ccc21. The monoisotopic (exact) mass is 300 g/mol. The summed E-state index contributed by atoms with van der Waals surface area (Å²) in [7, 11) is 0. The second-order valence-corrected chi connectivity index (χ2v) is 6.03. The highest BCUT2D eigenvalue weighted by Crippen LogP contribution is 2.19. The van der Waals surface area contributed by atoms with E-state index in [0.29, 0.717) is 17.6 Å². The standard InChI is InChI=1S/C15H16N4OS/c1-10(2)19-9-17-12-7-11(3-4-13(12)19)8-14(20)18-15-16-5-6-21-15/h3-7,9-10H,8H2,1-2H3,(H,16,18,20). The number of nitrogens with one attached hydrogen (secondary N) is 1. The molecular formula is C15H16N4OS. The predicted molar refractivity (Wildman–Crippen MR) is 84.6 cm³/mol. The first-order valence-corrected chi connectivity index (χ1v) is 7.66. The van der Waals surface area contributed by atoms with Crippen LogP contribution >= 0.6 is 11.3 Å². The zero-order valence-electron chi connectivity index (χ0n) is 11.9. The number of rotatable bonds is 4. The number of thiazole rings is 1. The van der Waals surface area contributed by atoms with Gasteiger partial charge >= 0.3 is 0 Å². The highest BCUT2D eigenvalue weighted by atomic mass is 32.1. The molecule has 0 aliphatic carbocycles. The Morgan fingerprint density at radius 1 is 1.38 bits per heavy atom. The van der Waals surface area contributed by atoms with Gasteiger partial charge in [0.05, 0.1) is 23.8 Å². The van der Waals surface area contributed by atoms with Gasteiger partial charge in [0, 0.05) is 17.6 Å². The minimum Gasteiger partial charge on any atom is -0.328 e. The molecule has 3 aromatic rings. The molecule has 0 saturated carbocycles. The Bertz CT molecular complexity index is 761. The summed E-state index contributed by atoms with van der Waals surface area (Å²) in [6.45, 7) is 4.24. The average Bonchev–Trinajstić information content (AvgIpc) is 3.06. The fraction of sp³-hybridized carbons (Fsp3) is 0.267. The van der Waals surface area contributed by atoms with E-state index in [1.165, 1.54) is 11.3 Å². The molecule has 2 aromatic heterocycles. The number of anilines is 1. The molecule has 1 N–H and O–H groups in total. The number of imidazole rings is 1. The van der Waals surface area contributed by atoms with Gasteiger partial charge in [0.15, 0.2) is 5.13 Å². The number of carbonyl (C=O) groups is 1. The number of nitrogens with zero attached hydrogens (tertiary/aromatic N) is 3. The number of hydrogen-bond donors (Lipinski definition) is 1. The Hall–Kier alpha value is -2.21. The number of amides is 1. The summed E-state index contributed by atoms with van der Waals surface area (Å²) < 4.78 is 2.12. The van der Waals surface area contributed by atoms with E-state index in [0.717, 1.165) is 16.6 Å². The van der Waals surface area contributed by atoms with Crippen molar-refractivity contribution in [3.63, 3.8) is 0 Å². The van der Waals surface area contributed by atoms with Gasteiger partial charge in [-0.1, -0.05) is 6.07 Å². The molecule has 1 amide bonds. The number of hydrogen-bond acceptors (Lipinski definition) is 4. The lowest BCUT2D eigenvalue weighted by atomic mass is 10.1. The van der Waals surface area contributed by atoms with Gasteiger partial charge in [-0.2, -0.15) is 0 Å². The summed E-state index contributed by atoms with van der Waals surface area (Å²) in [6.07, 6.45) is 3.84. The van der Waals surface area contributed by atoms with E-state index < -0.39 is 0 Å². The topological polar surface area (TPSA) is 59.8 Å². The third-order valence-corrected chi connectivity index (χ3v) is 3.93. The van der Waals surface area contributed by atoms with Crippen molar-refractivity contribution in [2.24, 2.45) is 0 Å². The molecule has 1 aromatic carbocycles. The summed E-state index contributed by atoms with van der Waals surface area (Å²) >= 11 is 1.41. The Kier molecular flexibility index (Phi) is 3.70. The van der Waals surface area contributed by atoms with E-state index in [9.17, 15) is 4.79 Å². The van der Waals surface area contributed by atoms with Crippen LogP contribution in [0.2, 0.25) is 0 Å². The fourth-order valence-corrected chi connectivity index (χ4v) is 2.78. The van der Waals surface area contributed by atoms with E-state index in [2.05, 4.69) is 33.7 Å². The molecule has 2 heterocycles. The molecule has 0 saturated heterocycles. The van der Waals surface area contributed by atoms with Crippen molar-refractivity contribution in [1.29, 1.82) is 0 Å². The fourth-order valence-electron chi connectivity index (χ4n) is 2.23. The van der Waals surface area contributed by atoms with Crippen LogP contribution in [0, 0.1) is 0 Å². The maximum Gasteiger partial charge on any atom is 0.230 e. The molecule has 0 radical (unpaired) electrons. The largest absolute Gasteiger partial charge is 0.328 e. The van der Waals surface area contributed by atoms with Gasteiger partial charge in [0.1, 0.15) is 0 Å². The van der Waals surface area contributed by atoms with Gasteiger partial charge in [-0.15, -0.1) is 11.3 Å². The summed E-state index contributed by atoms with van der Waals surface area (Å²) in [5.74, 6) is -0.0624. The molecule has 0 atom stereocenters. The maximum absolute atomic E-state index is 12.0. The van der Waals surface area contributed by atoms with Crippen LogP contribution in [0.3, 0.4) is 0 Å². The van der Waals surface area contributed by atoms with Gasteiger partial charge in [0.2, 0.25) is 5.91 Å². The molecule has 21 heavy (non-hydrogen) atoms. The van der Waals surface area contributed by atoms with Crippen LogP contribution in [0.1, 0.15) is 25.5 Å². The minimum atomic E-state index is -0.0624. The van der Waals surface area contributed by atoms with Crippen LogP contribution < -0.4 is 5.32 Å². The Morgan fingerprint density at radius 3 is 2.95 bits per heavy atom. The van der Waals surface area contributed by atoms with Gasteiger partial charge in [0.25, 0.3) is 0 Å². The van der Waals surface area contributed by atoms with E-state index in [-0.39, 0.29) is 5.91 Å². The molecule has 0 unspecified atom stereocenters. The van der Waals surface area contributed by atoms with Gasteiger partial charge in [-0.05, 0) is 31.5 Å². The van der Waals surface area contributed by atoms with Gasteiger partial charge < -0.3 is 9.88 Å². The second kappa shape index (κ2) is 5.65. The molecule has 6 heteroatoms. The Balaban J connectivity index is 1.77. The zero-order chi connectivity index (χ0) is 14.8. The van der Waals surface area contributed by atoms with Crippen LogP contribution in [-0.2, 0) is 11.2 Å². The molecule has 0 aliphatic heterocycles. The first-order chi connectivity index (χ1) is 10.1. The predicted octanol–water partition coefficient (Wildman–Crippen LogP) is 3.25. The van der Waals surface area contributed by atoms with Crippen LogP contribution in [0.15, 0.2) is 36.1 Å². The average molecular weight is 300 g/mol. The first-order valence-electron chi connectivity index (χ1n) is 6.78. The van der Waals surface area contributed by atoms with E-state index in [4.69, 9.17) is 0 Å². The minimum absolute atomic E-state index is 0.0624. The Labute approximate surface area is 126 Å². The van der Waals surface area contributed by atoms with Crippen molar-refractivity contribution < 1.29 is 4.79 Å². The quantitative estimate of drug-likeness (QED) is 0.804. The summed E-state index contributed by atoms with van der Waals surface area (Å²) in [6, 6.07) is 6.34. The molecule has 5 nitrogen and oxygen atoms in total. The zero-order valence-corrected chi connectivity index (χ0v) is 12.7. The lowest BCUT2D eigenvalue weighted by Gasteiger charge is -2.08. The third-order valence-electron chi connectivity index (χ3n) is 3.24. The molecule has 0 aliphatic rings. The maximum atomic E-state index is 12.0. The molecule has 0 fully saturated rings. The number of aromatic nitrogens is 3. The first kappa shape index (κ1) is 13.8. The van der Waals surface area contributed by atoms with E-state index in [1.54, 1.807) is 6.20 Å². The second-order valence-electron chi connectivity index (χ2n) is 5.13. The van der Waals surface area contributed by atoms with E-state index in [1.807, 2.05) is 29.9 Å². The lowest BCUT2D eigenvalue weighted by molar-refractivity contribution is -0.115. The summed E-state index contributed by atoms with van der Waals surface area (Å²) in [5, 5.41) is 5.25. The van der Waals surface area contributed by atoms with Gasteiger partial charge in [-0.3, -0.25) is 4.79 Å². The summed E-state index contributed by atoms with van der Waals surface area (Å²) in [5.41, 5.74) is 2.96. The molecule has 108 valence electrons. The van der Waals surface area contributed by atoms with Crippen molar-refractivity contribution in [2.75, 3.05) is 5.32 Å². The van der Waals surface area contributed by atoms with Crippen LogP contribution in [0.5, 0.6) is 0 Å². The van der Waals surface area contributed by atoms with Crippen LogP contribution in [-0.4, -0.2) is 20.4 Å². The number of benzene rings is 1. The normalized spacial score (nSPS) is 11.2. The smallest absolute Gasteiger partial charge is 0.230 e. The van der Waals surface area contributed by atoms with Gasteiger partial charge in [-0.25, -0.2) is 9.97 Å². The molecule has 3 rings (SSSR count). The van der Waals surface area contributed by atoms with Crippen LogP contribution in [0.4, 0.5) is 5.13 Å². The van der Waals surface area contributed by atoms with E-state index >= 15 is 0 Å². The Morgan fingerprint density at radius 2 is 2.24 bits per heavy atom. The number of carbonyl (C=O) groups excluding carboxylic acids is 1. The highest BCUT2D eigenvalue weighted by molar-refractivity contribution is 7.13. The van der Waals surface area contributed by atoms with Crippen molar-refractivity contribution in [1.82, 2.24) is 14.5 Å². The van der Waals surface area contributed by atoms with Crippen LogP contribution in [0.25, 0.3) is 11.0 Å². The summed E-state index contributed by atoms with van der Waals surface area (Å²) in [4.78, 5) is 20.4. The lowest BCUT2D eigenvalue weighted by Crippen LogP contribution is -2.14. The number of fused-ring (bicyclic) bond motifs is 1. The molecular weight excluding hydrogens is 284 g/mol. The molecule has 0 bridgehead atoms. The highest BCUT2D eigenvalue weighted by Gasteiger charge is 2.09. The van der Waals surface area contributed by atoms with Crippen molar-refractivity contribution >= 4 is 33.4 Å².